The molecule has 26 heavy (non-hydrogen) atoms. The standard InChI is InChI=1S/C19H25N3O2S2/c1-13(2)22-12-20-17-8-7-14(11-16(17)19(22)24)21-18(23)6-4-3-5-15-9-10-25-26-15/h7-8,11-13,15H,3-6,9-10H2,1-2H3,(H,21,23)/t15-/m1/s1. The number of carbonyl (C=O) groups is 1. The fourth-order valence-electron chi connectivity index (χ4n) is 3.03. The minimum atomic E-state index is -0.0759. The van der Waals surface area contributed by atoms with E-state index >= 15 is 0 Å². The van der Waals surface area contributed by atoms with E-state index in [-0.39, 0.29) is 17.5 Å². The van der Waals surface area contributed by atoms with Crippen LogP contribution in [0.15, 0.2) is 29.3 Å². The molecule has 1 atom stereocenters. The van der Waals surface area contributed by atoms with Crippen molar-refractivity contribution in [1.29, 1.82) is 0 Å². The maximum atomic E-state index is 12.6. The zero-order valence-electron chi connectivity index (χ0n) is 15.2. The maximum absolute atomic E-state index is 12.6. The molecule has 1 aliphatic rings. The molecule has 0 spiro atoms. The van der Waals surface area contributed by atoms with Crippen LogP contribution >= 0.6 is 21.6 Å². The quantitative estimate of drug-likeness (QED) is 0.551. The minimum absolute atomic E-state index is 0.00544. The van der Waals surface area contributed by atoms with E-state index in [4.69, 9.17) is 0 Å². The summed E-state index contributed by atoms with van der Waals surface area (Å²) in [5.74, 6) is 1.26. The Bertz CT molecular complexity index is 829. The van der Waals surface area contributed by atoms with Gasteiger partial charge in [-0.2, -0.15) is 0 Å². The second-order valence-corrected chi connectivity index (χ2v) is 9.69. The SMILES string of the molecule is CC(C)n1cnc2ccc(NC(=O)CCCC[C@@H]3CCSS3)cc2c1=O. The minimum Gasteiger partial charge on any atom is -0.326 e. The van der Waals surface area contributed by atoms with Gasteiger partial charge in [0.15, 0.2) is 0 Å². The zero-order valence-corrected chi connectivity index (χ0v) is 16.9. The van der Waals surface area contributed by atoms with E-state index in [1.54, 1.807) is 29.1 Å². The topological polar surface area (TPSA) is 64.0 Å². The monoisotopic (exact) mass is 391 g/mol. The molecule has 0 unspecified atom stereocenters. The lowest BCUT2D eigenvalue weighted by Crippen LogP contribution is -2.22. The van der Waals surface area contributed by atoms with Crippen molar-refractivity contribution in [3.63, 3.8) is 0 Å². The van der Waals surface area contributed by atoms with Crippen LogP contribution in [0.2, 0.25) is 0 Å². The Hall–Kier alpha value is -1.47. The lowest BCUT2D eigenvalue weighted by molar-refractivity contribution is -0.116. The van der Waals surface area contributed by atoms with E-state index in [1.807, 2.05) is 35.4 Å². The van der Waals surface area contributed by atoms with Gasteiger partial charge in [-0.15, -0.1) is 0 Å². The van der Waals surface area contributed by atoms with Crippen LogP contribution in [-0.2, 0) is 4.79 Å². The molecule has 7 heteroatoms. The molecule has 3 rings (SSSR count). The van der Waals surface area contributed by atoms with E-state index < -0.39 is 0 Å². The summed E-state index contributed by atoms with van der Waals surface area (Å²) in [6, 6.07) is 5.37. The van der Waals surface area contributed by atoms with Crippen molar-refractivity contribution in [3.05, 3.63) is 34.9 Å². The highest BCUT2D eigenvalue weighted by Crippen LogP contribution is 2.39. The number of carbonyl (C=O) groups excluding carboxylic acids is 1. The van der Waals surface area contributed by atoms with Gasteiger partial charge in [-0.25, -0.2) is 4.98 Å². The van der Waals surface area contributed by atoms with Crippen LogP contribution < -0.4 is 10.9 Å². The number of unbranched alkanes of at least 4 members (excludes halogenated alkanes) is 1. The molecule has 0 bridgehead atoms. The number of anilines is 1. The molecular weight excluding hydrogens is 366 g/mol. The zero-order chi connectivity index (χ0) is 18.5. The molecule has 1 saturated heterocycles. The van der Waals surface area contributed by atoms with Gasteiger partial charge in [0.1, 0.15) is 0 Å². The number of fused-ring (bicyclic) bond motifs is 1. The smallest absolute Gasteiger partial charge is 0.261 e. The Labute approximate surface area is 161 Å². The van der Waals surface area contributed by atoms with Crippen molar-refractivity contribution < 1.29 is 4.79 Å². The first kappa shape index (κ1) is 19.3. The molecule has 140 valence electrons. The molecule has 1 fully saturated rings. The van der Waals surface area contributed by atoms with Crippen molar-refractivity contribution >= 4 is 44.1 Å². The van der Waals surface area contributed by atoms with Crippen LogP contribution in [0.3, 0.4) is 0 Å². The van der Waals surface area contributed by atoms with Gasteiger partial charge in [-0.1, -0.05) is 28.0 Å². The third kappa shape index (κ3) is 4.82. The summed E-state index contributed by atoms with van der Waals surface area (Å²) in [6.07, 6.45) is 6.58. The summed E-state index contributed by atoms with van der Waals surface area (Å²) in [7, 11) is 3.95. The van der Waals surface area contributed by atoms with E-state index in [0.717, 1.165) is 18.1 Å². The number of hydrogen-bond donors (Lipinski definition) is 1. The third-order valence-electron chi connectivity index (χ3n) is 4.53. The van der Waals surface area contributed by atoms with Gasteiger partial charge in [-0.05, 0) is 51.3 Å². The van der Waals surface area contributed by atoms with Gasteiger partial charge in [-0.3, -0.25) is 14.2 Å². The van der Waals surface area contributed by atoms with Crippen molar-refractivity contribution in [3.8, 4) is 0 Å². The molecule has 1 aromatic carbocycles. The second kappa shape index (κ2) is 8.95. The largest absolute Gasteiger partial charge is 0.326 e. The van der Waals surface area contributed by atoms with Crippen LogP contribution in [0.4, 0.5) is 5.69 Å². The van der Waals surface area contributed by atoms with Crippen LogP contribution in [0.25, 0.3) is 10.9 Å². The molecule has 5 nitrogen and oxygen atoms in total. The summed E-state index contributed by atoms with van der Waals surface area (Å²) in [5.41, 5.74) is 1.23. The van der Waals surface area contributed by atoms with Crippen molar-refractivity contribution in [2.24, 2.45) is 0 Å². The highest BCUT2D eigenvalue weighted by molar-refractivity contribution is 8.77. The van der Waals surface area contributed by atoms with E-state index in [9.17, 15) is 9.59 Å². The number of nitrogens with one attached hydrogen (secondary N) is 1. The maximum Gasteiger partial charge on any atom is 0.261 e. The van der Waals surface area contributed by atoms with E-state index in [2.05, 4.69) is 10.3 Å². The molecule has 0 saturated carbocycles. The van der Waals surface area contributed by atoms with Gasteiger partial charge < -0.3 is 5.32 Å². The normalized spacial score (nSPS) is 17.1. The van der Waals surface area contributed by atoms with E-state index in [0.29, 0.717) is 23.0 Å². The van der Waals surface area contributed by atoms with E-state index in [1.165, 1.54) is 18.6 Å². The average Bonchev–Trinajstić information content (AvgIpc) is 3.12. The van der Waals surface area contributed by atoms with Gasteiger partial charge >= 0.3 is 0 Å². The van der Waals surface area contributed by atoms with Crippen molar-refractivity contribution in [2.75, 3.05) is 11.1 Å². The van der Waals surface area contributed by atoms with Crippen LogP contribution in [0.5, 0.6) is 0 Å². The number of nitrogens with zero attached hydrogens (tertiary/aromatic N) is 2. The first-order chi connectivity index (χ1) is 12.5. The third-order valence-corrected chi connectivity index (χ3v) is 7.54. The number of amides is 1. The fourth-order valence-corrected chi connectivity index (χ4v) is 6.05. The predicted molar refractivity (Wildman–Crippen MR) is 112 cm³/mol. The summed E-state index contributed by atoms with van der Waals surface area (Å²) in [4.78, 5) is 29.1. The van der Waals surface area contributed by atoms with Crippen LogP contribution in [0, 0.1) is 0 Å². The summed E-state index contributed by atoms with van der Waals surface area (Å²) >= 11 is 0. The Morgan fingerprint density at radius 3 is 2.96 bits per heavy atom. The summed E-state index contributed by atoms with van der Waals surface area (Å²) in [5, 5.41) is 4.21. The Morgan fingerprint density at radius 1 is 1.38 bits per heavy atom. The molecule has 2 aromatic rings. The molecule has 0 aliphatic carbocycles. The molecule has 1 amide bonds. The first-order valence-corrected chi connectivity index (χ1v) is 11.5. The Morgan fingerprint density at radius 2 is 2.23 bits per heavy atom. The van der Waals surface area contributed by atoms with Crippen LogP contribution in [-0.4, -0.2) is 26.5 Å². The number of benzene rings is 1. The number of aromatic nitrogens is 2. The Kier molecular flexibility index (Phi) is 6.64. The lowest BCUT2D eigenvalue weighted by atomic mass is 10.1. The lowest BCUT2D eigenvalue weighted by Gasteiger charge is -2.11. The average molecular weight is 392 g/mol. The first-order valence-electron chi connectivity index (χ1n) is 9.13. The molecule has 2 heterocycles. The molecular formula is C19H25N3O2S2. The predicted octanol–water partition coefficient (Wildman–Crippen LogP) is 4.63. The van der Waals surface area contributed by atoms with Crippen molar-refractivity contribution in [1.82, 2.24) is 9.55 Å². The summed E-state index contributed by atoms with van der Waals surface area (Å²) < 4.78 is 1.60. The molecule has 1 aliphatic heterocycles. The van der Waals surface area contributed by atoms with Crippen molar-refractivity contribution in [2.45, 2.75) is 57.2 Å². The van der Waals surface area contributed by atoms with Crippen LogP contribution in [0.1, 0.15) is 52.0 Å². The van der Waals surface area contributed by atoms with Gasteiger partial charge in [0.25, 0.3) is 5.56 Å². The van der Waals surface area contributed by atoms with Gasteiger partial charge in [0.2, 0.25) is 5.91 Å². The number of hydrogen-bond acceptors (Lipinski definition) is 5. The molecule has 0 radical (unpaired) electrons. The molecule has 1 aromatic heterocycles. The Balaban J connectivity index is 1.58. The van der Waals surface area contributed by atoms with Gasteiger partial charge in [0, 0.05) is 29.2 Å². The highest BCUT2D eigenvalue weighted by atomic mass is 33.1. The number of rotatable bonds is 7. The summed E-state index contributed by atoms with van der Waals surface area (Å²) in [6.45, 7) is 3.90. The molecule has 1 N–H and O–H groups in total. The fraction of sp³-hybridized carbons (Fsp3) is 0.526. The van der Waals surface area contributed by atoms with Gasteiger partial charge in [0.05, 0.1) is 17.2 Å². The second-order valence-electron chi connectivity index (χ2n) is 6.91. The highest BCUT2D eigenvalue weighted by Gasteiger charge is 2.16.